The fourth-order valence-corrected chi connectivity index (χ4v) is 5.34. The monoisotopic (exact) mass is 447 g/mol. The topological polar surface area (TPSA) is 106 Å². The van der Waals surface area contributed by atoms with E-state index in [2.05, 4.69) is 15.5 Å². The lowest BCUT2D eigenvalue weighted by Gasteiger charge is -2.28. The second-order valence-electron chi connectivity index (χ2n) is 8.08. The molecule has 1 aromatic carbocycles. The number of carbonyl (C=O) groups is 1. The molecule has 1 atom stereocenters. The highest BCUT2D eigenvalue weighted by atomic mass is 32.2. The minimum atomic E-state index is -4.07. The van der Waals surface area contributed by atoms with Gasteiger partial charge in [-0.2, -0.15) is 0 Å². The quantitative estimate of drug-likeness (QED) is 0.718. The number of aromatic nitrogens is 3. The first-order chi connectivity index (χ1) is 15.0. The van der Waals surface area contributed by atoms with Gasteiger partial charge in [0.15, 0.2) is 0 Å². The van der Waals surface area contributed by atoms with Crippen LogP contribution in [0, 0.1) is 0 Å². The van der Waals surface area contributed by atoms with Crippen molar-refractivity contribution in [2.24, 2.45) is 0 Å². The number of para-hydroxylation sites is 1. The normalized spacial score (nSPS) is 19.2. The zero-order valence-corrected chi connectivity index (χ0v) is 18.6. The number of anilines is 1. The number of hydrogen-bond acceptors (Lipinski definition) is 7. The number of morpholine rings is 1. The minimum absolute atomic E-state index is 0.0369. The Morgan fingerprint density at radius 1 is 1.10 bits per heavy atom. The van der Waals surface area contributed by atoms with E-state index in [1.807, 2.05) is 23.1 Å². The first-order valence-electron chi connectivity index (χ1n) is 10.9. The number of hydrogen-bond donors (Lipinski definition) is 1. The van der Waals surface area contributed by atoms with Gasteiger partial charge in [0.1, 0.15) is 5.25 Å². The molecule has 0 radical (unpaired) electrons. The Balaban J connectivity index is 1.67. The van der Waals surface area contributed by atoms with Gasteiger partial charge in [-0.15, -0.1) is 10.2 Å². The van der Waals surface area contributed by atoms with Crippen LogP contribution in [0.15, 0.2) is 35.5 Å². The minimum Gasteiger partial charge on any atom is -0.378 e. The SMILES string of the molecule is CC(C(=O)NC1CCCCC1)S(=O)(=O)c1nnc(N2CCOCC2)n1-c1ccccc1. The molecule has 2 aliphatic rings. The van der Waals surface area contributed by atoms with Gasteiger partial charge < -0.3 is 15.0 Å². The van der Waals surface area contributed by atoms with Crippen LogP contribution in [-0.4, -0.2) is 66.7 Å². The summed E-state index contributed by atoms with van der Waals surface area (Å²) in [6.07, 6.45) is 5.04. The molecule has 1 saturated carbocycles. The van der Waals surface area contributed by atoms with Crippen molar-refractivity contribution in [3.8, 4) is 5.69 Å². The van der Waals surface area contributed by atoms with E-state index in [1.165, 1.54) is 11.5 Å². The lowest BCUT2D eigenvalue weighted by Crippen LogP contribution is -2.44. The number of benzene rings is 1. The van der Waals surface area contributed by atoms with Crippen LogP contribution in [0.4, 0.5) is 5.95 Å². The van der Waals surface area contributed by atoms with Gasteiger partial charge in [0.25, 0.3) is 5.16 Å². The summed E-state index contributed by atoms with van der Waals surface area (Å²) >= 11 is 0. The first kappa shape index (κ1) is 21.8. The van der Waals surface area contributed by atoms with Crippen molar-refractivity contribution in [1.82, 2.24) is 20.1 Å². The number of ether oxygens (including phenoxy) is 1. The molecule has 4 rings (SSSR count). The van der Waals surface area contributed by atoms with Crippen molar-refractivity contribution >= 4 is 21.7 Å². The number of nitrogens with zero attached hydrogens (tertiary/aromatic N) is 4. The fraction of sp³-hybridized carbons (Fsp3) is 0.571. The van der Waals surface area contributed by atoms with E-state index in [1.54, 1.807) is 12.1 Å². The van der Waals surface area contributed by atoms with Gasteiger partial charge in [-0.1, -0.05) is 37.5 Å². The molecule has 0 spiro atoms. The van der Waals surface area contributed by atoms with Crippen LogP contribution in [-0.2, 0) is 19.4 Å². The molecule has 2 heterocycles. The van der Waals surface area contributed by atoms with Crippen LogP contribution in [0.1, 0.15) is 39.0 Å². The summed E-state index contributed by atoms with van der Waals surface area (Å²) in [6, 6.07) is 9.16. The van der Waals surface area contributed by atoms with E-state index < -0.39 is 21.0 Å². The van der Waals surface area contributed by atoms with Gasteiger partial charge in [-0.3, -0.25) is 9.36 Å². The molecule has 1 aliphatic heterocycles. The predicted molar refractivity (Wildman–Crippen MR) is 116 cm³/mol. The predicted octanol–water partition coefficient (Wildman–Crippen LogP) is 1.72. The third-order valence-electron chi connectivity index (χ3n) is 5.97. The maximum atomic E-state index is 13.5. The van der Waals surface area contributed by atoms with Crippen LogP contribution in [0.3, 0.4) is 0 Å². The van der Waals surface area contributed by atoms with Gasteiger partial charge in [0, 0.05) is 19.1 Å². The van der Waals surface area contributed by atoms with Gasteiger partial charge in [-0.05, 0) is 31.9 Å². The molecule has 1 saturated heterocycles. The Kier molecular flexibility index (Phi) is 6.57. The molecule has 2 aromatic rings. The third-order valence-corrected chi connectivity index (χ3v) is 7.88. The Labute approximate surface area is 182 Å². The van der Waals surface area contributed by atoms with Crippen molar-refractivity contribution < 1.29 is 17.9 Å². The lowest BCUT2D eigenvalue weighted by molar-refractivity contribution is -0.121. The molecule has 168 valence electrons. The maximum absolute atomic E-state index is 13.5. The molecule has 1 aliphatic carbocycles. The molecule has 2 fully saturated rings. The van der Waals surface area contributed by atoms with E-state index in [0.29, 0.717) is 37.9 Å². The van der Waals surface area contributed by atoms with Crippen molar-refractivity contribution in [2.75, 3.05) is 31.2 Å². The summed E-state index contributed by atoms with van der Waals surface area (Å²) < 4.78 is 33.9. The van der Waals surface area contributed by atoms with Crippen LogP contribution < -0.4 is 10.2 Å². The summed E-state index contributed by atoms with van der Waals surface area (Å²) in [6.45, 7) is 3.66. The third kappa shape index (κ3) is 4.59. The smallest absolute Gasteiger partial charge is 0.256 e. The average molecular weight is 448 g/mol. The van der Waals surface area contributed by atoms with E-state index in [4.69, 9.17) is 4.74 Å². The van der Waals surface area contributed by atoms with Crippen LogP contribution in [0.2, 0.25) is 0 Å². The van der Waals surface area contributed by atoms with E-state index in [9.17, 15) is 13.2 Å². The average Bonchev–Trinajstić information content (AvgIpc) is 3.26. The van der Waals surface area contributed by atoms with Crippen molar-refractivity contribution in [3.05, 3.63) is 30.3 Å². The lowest BCUT2D eigenvalue weighted by atomic mass is 9.95. The zero-order valence-electron chi connectivity index (χ0n) is 17.7. The summed E-state index contributed by atoms with van der Waals surface area (Å²) in [4.78, 5) is 14.8. The Hall–Kier alpha value is -2.46. The van der Waals surface area contributed by atoms with Gasteiger partial charge in [0.05, 0.1) is 18.9 Å². The molecule has 31 heavy (non-hydrogen) atoms. The number of rotatable bonds is 6. The number of nitrogens with one attached hydrogen (secondary N) is 1. The fourth-order valence-electron chi connectivity index (χ4n) is 4.08. The van der Waals surface area contributed by atoms with Crippen LogP contribution in [0.25, 0.3) is 5.69 Å². The van der Waals surface area contributed by atoms with E-state index in [0.717, 1.165) is 32.1 Å². The highest BCUT2D eigenvalue weighted by Crippen LogP contribution is 2.26. The highest BCUT2D eigenvalue weighted by molar-refractivity contribution is 7.92. The first-order valence-corrected chi connectivity index (χ1v) is 12.4. The van der Waals surface area contributed by atoms with Crippen LogP contribution in [0.5, 0.6) is 0 Å². The Morgan fingerprint density at radius 2 is 1.77 bits per heavy atom. The Morgan fingerprint density at radius 3 is 2.45 bits per heavy atom. The highest BCUT2D eigenvalue weighted by Gasteiger charge is 2.37. The summed E-state index contributed by atoms with van der Waals surface area (Å²) in [7, 11) is -4.07. The molecule has 0 bridgehead atoms. The summed E-state index contributed by atoms with van der Waals surface area (Å²) in [5.74, 6) is -0.0459. The molecule has 10 heteroatoms. The molecule has 1 unspecified atom stereocenters. The molecular formula is C21H29N5O4S. The molecular weight excluding hydrogens is 418 g/mol. The van der Waals surface area contributed by atoms with Crippen molar-refractivity contribution in [3.63, 3.8) is 0 Å². The van der Waals surface area contributed by atoms with E-state index >= 15 is 0 Å². The van der Waals surface area contributed by atoms with Crippen molar-refractivity contribution in [2.45, 2.75) is 55.5 Å². The second-order valence-corrected chi connectivity index (χ2v) is 10.2. The largest absolute Gasteiger partial charge is 0.378 e. The second kappa shape index (κ2) is 9.35. The standard InChI is InChI=1S/C21H29N5O4S/c1-16(19(27)22-17-8-4-2-5-9-17)31(28,29)21-24-23-20(25-12-14-30-15-13-25)26(21)18-10-6-3-7-11-18/h3,6-7,10-11,16-17H,2,4-5,8-9,12-15H2,1H3,(H,22,27). The van der Waals surface area contributed by atoms with Crippen LogP contribution >= 0.6 is 0 Å². The number of carbonyl (C=O) groups excluding carboxylic acids is 1. The number of sulfone groups is 1. The number of amides is 1. The van der Waals surface area contributed by atoms with Crippen molar-refractivity contribution in [1.29, 1.82) is 0 Å². The summed E-state index contributed by atoms with van der Waals surface area (Å²) in [5, 5.41) is 9.70. The van der Waals surface area contributed by atoms with Gasteiger partial charge >= 0.3 is 0 Å². The molecule has 1 aromatic heterocycles. The zero-order chi connectivity index (χ0) is 21.8. The van der Waals surface area contributed by atoms with Gasteiger partial charge in [0.2, 0.25) is 21.7 Å². The molecule has 9 nitrogen and oxygen atoms in total. The van der Waals surface area contributed by atoms with E-state index in [-0.39, 0.29) is 11.2 Å². The maximum Gasteiger partial charge on any atom is 0.256 e. The van der Waals surface area contributed by atoms with Gasteiger partial charge in [-0.25, -0.2) is 8.42 Å². The molecule has 1 N–H and O–H groups in total. The molecule has 1 amide bonds. The summed E-state index contributed by atoms with van der Waals surface area (Å²) in [5.41, 5.74) is 0.632. The Bertz CT molecular complexity index is 996.